The van der Waals surface area contributed by atoms with Gasteiger partial charge in [0.25, 0.3) is 5.91 Å². The number of nitrogens with one attached hydrogen (secondary N) is 1. The molecule has 1 aliphatic heterocycles. The maximum Gasteiger partial charge on any atom is 0.255 e. The molecule has 9 heteroatoms. The van der Waals surface area contributed by atoms with Crippen LogP contribution in [0.4, 0.5) is 5.69 Å². The molecule has 3 rings (SSSR count). The van der Waals surface area contributed by atoms with Crippen molar-refractivity contribution in [2.75, 3.05) is 52.8 Å². The number of rotatable bonds is 8. The minimum Gasteiger partial charge on any atom is -0.493 e. The molecule has 0 aromatic heterocycles. The highest BCUT2D eigenvalue weighted by Crippen LogP contribution is 2.33. The quantitative estimate of drug-likeness (QED) is 0.611. The van der Waals surface area contributed by atoms with Crippen LogP contribution < -0.4 is 14.8 Å². The van der Waals surface area contributed by atoms with Crippen molar-refractivity contribution in [3.8, 4) is 11.5 Å². The zero-order chi connectivity index (χ0) is 23.3. The summed E-state index contributed by atoms with van der Waals surface area (Å²) in [6.07, 6.45) is 2.23. The van der Waals surface area contributed by atoms with Crippen LogP contribution in [0.2, 0.25) is 0 Å². The summed E-state index contributed by atoms with van der Waals surface area (Å²) in [5, 5.41) is 2.80. The molecule has 1 heterocycles. The fourth-order valence-corrected chi connectivity index (χ4v) is 4.99. The van der Waals surface area contributed by atoms with E-state index >= 15 is 0 Å². The van der Waals surface area contributed by atoms with Gasteiger partial charge in [-0.3, -0.25) is 4.79 Å². The second kappa shape index (κ2) is 10.2. The van der Waals surface area contributed by atoms with Gasteiger partial charge in [0.2, 0.25) is 10.0 Å². The highest BCUT2D eigenvalue weighted by atomic mass is 32.2. The van der Waals surface area contributed by atoms with Crippen molar-refractivity contribution < 1.29 is 22.7 Å². The van der Waals surface area contributed by atoms with E-state index in [1.54, 1.807) is 37.5 Å². The van der Waals surface area contributed by atoms with Gasteiger partial charge in [-0.2, -0.15) is 4.31 Å². The van der Waals surface area contributed by atoms with Gasteiger partial charge >= 0.3 is 0 Å². The number of amides is 1. The average molecular weight is 460 g/mol. The molecule has 1 aliphatic rings. The van der Waals surface area contributed by atoms with Crippen molar-refractivity contribution in [2.45, 2.75) is 11.3 Å². The molecule has 1 fully saturated rings. The van der Waals surface area contributed by atoms with Crippen molar-refractivity contribution in [1.29, 1.82) is 0 Å². The van der Waals surface area contributed by atoms with Crippen molar-refractivity contribution >= 4 is 21.6 Å². The molecular formula is C23H29N3O5S. The lowest BCUT2D eigenvalue weighted by molar-refractivity contribution is 0.102. The van der Waals surface area contributed by atoms with Gasteiger partial charge in [-0.1, -0.05) is 6.08 Å². The van der Waals surface area contributed by atoms with Crippen molar-refractivity contribution in [2.24, 2.45) is 0 Å². The van der Waals surface area contributed by atoms with Crippen LogP contribution in [0.5, 0.6) is 11.5 Å². The van der Waals surface area contributed by atoms with E-state index in [4.69, 9.17) is 9.47 Å². The van der Waals surface area contributed by atoms with Crippen LogP contribution in [0.25, 0.3) is 0 Å². The second-order valence-electron chi connectivity index (χ2n) is 7.55. The van der Waals surface area contributed by atoms with Crippen LogP contribution in [-0.2, 0) is 16.4 Å². The number of ether oxygens (including phenoxy) is 2. The number of hydrogen-bond donors (Lipinski definition) is 1. The lowest BCUT2D eigenvalue weighted by Crippen LogP contribution is -2.46. The Morgan fingerprint density at radius 1 is 1.09 bits per heavy atom. The van der Waals surface area contributed by atoms with Gasteiger partial charge in [0.1, 0.15) is 0 Å². The molecule has 0 bridgehead atoms. The number of likely N-dealkylation sites (N-methyl/N-ethyl adjacent to an activating group) is 1. The number of nitrogens with zero attached hydrogens (tertiary/aromatic N) is 2. The van der Waals surface area contributed by atoms with E-state index in [1.165, 1.54) is 23.5 Å². The van der Waals surface area contributed by atoms with E-state index in [1.807, 2.05) is 7.05 Å². The molecule has 0 atom stereocenters. The Kier molecular flexibility index (Phi) is 7.55. The third kappa shape index (κ3) is 5.12. The van der Waals surface area contributed by atoms with E-state index < -0.39 is 10.0 Å². The number of methoxy groups -OCH3 is 2. The summed E-state index contributed by atoms with van der Waals surface area (Å²) < 4.78 is 38.0. The van der Waals surface area contributed by atoms with Crippen LogP contribution >= 0.6 is 0 Å². The minimum atomic E-state index is -3.56. The molecule has 0 spiro atoms. The number of sulfonamides is 1. The summed E-state index contributed by atoms with van der Waals surface area (Å²) in [7, 11) is 1.47. The summed E-state index contributed by atoms with van der Waals surface area (Å²) in [4.78, 5) is 15.1. The summed E-state index contributed by atoms with van der Waals surface area (Å²) in [5.41, 5.74) is 1.67. The van der Waals surface area contributed by atoms with Crippen LogP contribution in [0, 0.1) is 0 Å². The fraction of sp³-hybridized carbons (Fsp3) is 0.348. The van der Waals surface area contributed by atoms with Gasteiger partial charge in [-0.25, -0.2) is 8.42 Å². The molecule has 0 aliphatic carbocycles. The number of anilines is 1. The molecule has 1 saturated heterocycles. The first-order valence-electron chi connectivity index (χ1n) is 10.3. The highest BCUT2D eigenvalue weighted by Gasteiger charge is 2.27. The standard InChI is InChI=1S/C23H29N3O5S/c1-5-6-17-15-18(16-21(30-3)22(17)31-4)23(27)24-19-7-9-20(10-8-19)32(28,29)26-13-11-25(2)12-14-26/h5,7-10,15-16H,1,6,11-14H2,2-4H3,(H,24,27). The van der Waals surface area contributed by atoms with E-state index in [9.17, 15) is 13.2 Å². The summed E-state index contributed by atoms with van der Waals surface area (Å²) in [6.45, 7) is 6.07. The van der Waals surface area contributed by atoms with E-state index in [0.29, 0.717) is 55.3 Å². The molecule has 172 valence electrons. The maximum atomic E-state index is 12.9. The Morgan fingerprint density at radius 3 is 2.31 bits per heavy atom. The van der Waals surface area contributed by atoms with Gasteiger partial charge < -0.3 is 19.7 Å². The van der Waals surface area contributed by atoms with Gasteiger partial charge in [0.15, 0.2) is 11.5 Å². The molecule has 0 radical (unpaired) electrons. The zero-order valence-electron chi connectivity index (χ0n) is 18.6. The van der Waals surface area contributed by atoms with Gasteiger partial charge in [0, 0.05) is 43.0 Å². The van der Waals surface area contributed by atoms with Crippen molar-refractivity contribution in [3.63, 3.8) is 0 Å². The Bertz CT molecular complexity index is 1080. The number of allylic oxidation sites excluding steroid dienone is 1. The first-order chi connectivity index (χ1) is 15.3. The van der Waals surface area contributed by atoms with Gasteiger partial charge in [0.05, 0.1) is 19.1 Å². The molecular weight excluding hydrogens is 430 g/mol. The molecule has 8 nitrogen and oxygen atoms in total. The number of hydrogen-bond acceptors (Lipinski definition) is 6. The number of carbonyl (C=O) groups is 1. The predicted molar refractivity (Wildman–Crippen MR) is 124 cm³/mol. The summed E-state index contributed by atoms with van der Waals surface area (Å²) in [6, 6.07) is 9.54. The first kappa shape index (κ1) is 23.8. The maximum absolute atomic E-state index is 12.9. The molecule has 32 heavy (non-hydrogen) atoms. The van der Waals surface area contributed by atoms with Crippen molar-refractivity contribution in [3.05, 3.63) is 60.2 Å². The Labute approximate surface area is 189 Å². The van der Waals surface area contributed by atoms with Gasteiger partial charge in [-0.05, 0) is 49.9 Å². The third-order valence-electron chi connectivity index (χ3n) is 5.39. The van der Waals surface area contributed by atoms with E-state index in [2.05, 4.69) is 16.8 Å². The Balaban J connectivity index is 1.77. The highest BCUT2D eigenvalue weighted by molar-refractivity contribution is 7.89. The van der Waals surface area contributed by atoms with Crippen LogP contribution in [0.15, 0.2) is 53.9 Å². The normalized spacial score (nSPS) is 15.2. The lowest BCUT2D eigenvalue weighted by Gasteiger charge is -2.31. The number of piperazine rings is 1. The largest absolute Gasteiger partial charge is 0.493 e. The average Bonchev–Trinajstić information content (AvgIpc) is 2.79. The third-order valence-corrected chi connectivity index (χ3v) is 7.31. The summed E-state index contributed by atoms with van der Waals surface area (Å²) in [5.74, 6) is 0.666. The van der Waals surface area contributed by atoms with Gasteiger partial charge in [-0.15, -0.1) is 6.58 Å². The molecule has 1 amide bonds. The molecule has 0 saturated carbocycles. The van der Waals surface area contributed by atoms with Crippen LogP contribution in [-0.4, -0.2) is 71.0 Å². The number of benzene rings is 2. The summed E-state index contributed by atoms with van der Waals surface area (Å²) >= 11 is 0. The zero-order valence-corrected chi connectivity index (χ0v) is 19.4. The van der Waals surface area contributed by atoms with Crippen LogP contribution in [0.3, 0.4) is 0 Å². The molecule has 1 N–H and O–H groups in total. The fourth-order valence-electron chi connectivity index (χ4n) is 3.57. The van der Waals surface area contributed by atoms with Crippen LogP contribution in [0.1, 0.15) is 15.9 Å². The first-order valence-corrected chi connectivity index (χ1v) is 11.7. The second-order valence-corrected chi connectivity index (χ2v) is 9.49. The Hall–Kier alpha value is -2.88. The van der Waals surface area contributed by atoms with E-state index in [-0.39, 0.29) is 10.8 Å². The Morgan fingerprint density at radius 2 is 1.75 bits per heavy atom. The minimum absolute atomic E-state index is 0.208. The predicted octanol–water partition coefficient (Wildman–Crippen LogP) is 2.62. The number of carbonyl (C=O) groups excluding carboxylic acids is 1. The molecule has 0 unspecified atom stereocenters. The SMILES string of the molecule is C=CCc1cc(C(=O)Nc2ccc(S(=O)(=O)N3CCN(C)CC3)cc2)cc(OC)c1OC. The molecule has 2 aromatic rings. The molecule has 2 aromatic carbocycles. The van der Waals surface area contributed by atoms with E-state index in [0.717, 1.165) is 5.56 Å². The topological polar surface area (TPSA) is 88.2 Å². The monoisotopic (exact) mass is 459 g/mol. The lowest BCUT2D eigenvalue weighted by atomic mass is 10.0. The van der Waals surface area contributed by atoms with Crippen molar-refractivity contribution in [1.82, 2.24) is 9.21 Å². The smallest absolute Gasteiger partial charge is 0.255 e.